The molecular formula is C23H23FN4O2. The number of pyridine rings is 2. The molecule has 3 N–H and O–H groups in total. The molecular weight excluding hydrogens is 383 g/mol. The molecule has 30 heavy (non-hydrogen) atoms. The van der Waals surface area contributed by atoms with E-state index in [1.54, 1.807) is 24.4 Å². The summed E-state index contributed by atoms with van der Waals surface area (Å²) in [5.41, 5.74) is 4.37. The summed E-state index contributed by atoms with van der Waals surface area (Å²) in [5.74, 6) is -0.452. The SMILES string of the molecule is CCCNC(=O)c1cccc(-c2cnc3[nH]c(-c4ccc(F)cc4)cc3c2)n1.CO. The third-order valence-corrected chi connectivity index (χ3v) is 4.44. The minimum absolute atomic E-state index is 0.182. The summed E-state index contributed by atoms with van der Waals surface area (Å²) in [6, 6.07) is 15.6. The number of hydrogen-bond acceptors (Lipinski definition) is 4. The zero-order valence-corrected chi connectivity index (χ0v) is 16.8. The van der Waals surface area contributed by atoms with Crippen LogP contribution in [0.25, 0.3) is 33.5 Å². The van der Waals surface area contributed by atoms with E-state index in [4.69, 9.17) is 5.11 Å². The number of H-pyrrole nitrogens is 1. The highest BCUT2D eigenvalue weighted by Gasteiger charge is 2.10. The van der Waals surface area contributed by atoms with Crippen molar-refractivity contribution in [3.05, 3.63) is 72.3 Å². The maximum Gasteiger partial charge on any atom is 0.269 e. The molecule has 6 nitrogen and oxygen atoms in total. The van der Waals surface area contributed by atoms with Gasteiger partial charge in [-0.1, -0.05) is 13.0 Å². The lowest BCUT2D eigenvalue weighted by atomic mass is 10.1. The fraction of sp³-hybridized carbons (Fsp3) is 0.174. The lowest BCUT2D eigenvalue weighted by Crippen LogP contribution is -2.24. The molecule has 0 aliphatic rings. The molecule has 0 unspecified atom stereocenters. The molecule has 3 aromatic heterocycles. The largest absolute Gasteiger partial charge is 0.400 e. The number of benzene rings is 1. The Morgan fingerprint density at radius 1 is 1.10 bits per heavy atom. The Morgan fingerprint density at radius 3 is 2.60 bits per heavy atom. The molecule has 154 valence electrons. The van der Waals surface area contributed by atoms with Crippen LogP contribution >= 0.6 is 0 Å². The Hall–Kier alpha value is -3.58. The third-order valence-electron chi connectivity index (χ3n) is 4.44. The summed E-state index contributed by atoms with van der Waals surface area (Å²) in [5, 5.41) is 10.7. The average molecular weight is 406 g/mol. The molecule has 4 aromatic rings. The number of carbonyl (C=O) groups is 1. The van der Waals surface area contributed by atoms with Crippen molar-refractivity contribution >= 4 is 16.9 Å². The van der Waals surface area contributed by atoms with E-state index in [1.165, 1.54) is 12.1 Å². The quantitative estimate of drug-likeness (QED) is 0.464. The Labute approximate surface area is 173 Å². The van der Waals surface area contributed by atoms with Gasteiger partial charge < -0.3 is 15.4 Å². The summed E-state index contributed by atoms with van der Waals surface area (Å²) < 4.78 is 13.1. The second-order valence-corrected chi connectivity index (χ2v) is 6.52. The summed E-state index contributed by atoms with van der Waals surface area (Å²) in [6.45, 7) is 2.62. The van der Waals surface area contributed by atoms with Crippen molar-refractivity contribution in [1.82, 2.24) is 20.3 Å². The number of amides is 1. The van der Waals surface area contributed by atoms with Crippen molar-refractivity contribution in [2.24, 2.45) is 0 Å². The molecule has 0 bridgehead atoms. The molecule has 0 saturated heterocycles. The lowest BCUT2D eigenvalue weighted by Gasteiger charge is -2.05. The average Bonchev–Trinajstić information content (AvgIpc) is 3.22. The predicted octanol–water partition coefficient (Wildman–Crippen LogP) is 4.18. The minimum atomic E-state index is -0.269. The van der Waals surface area contributed by atoms with Gasteiger partial charge in [0, 0.05) is 36.5 Å². The monoisotopic (exact) mass is 406 g/mol. The van der Waals surface area contributed by atoms with E-state index in [2.05, 4.69) is 20.3 Å². The van der Waals surface area contributed by atoms with E-state index in [0.717, 1.165) is 41.4 Å². The first-order chi connectivity index (χ1) is 14.6. The molecule has 7 heteroatoms. The van der Waals surface area contributed by atoms with Gasteiger partial charge in [0.2, 0.25) is 0 Å². The number of nitrogens with one attached hydrogen (secondary N) is 2. The number of nitrogens with zero attached hydrogens (tertiary/aromatic N) is 2. The van der Waals surface area contributed by atoms with Gasteiger partial charge in [0.25, 0.3) is 5.91 Å². The van der Waals surface area contributed by atoms with E-state index >= 15 is 0 Å². The van der Waals surface area contributed by atoms with Crippen LogP contribution in [0.2, 0.25) is 0 Å². The van der Waals surface area contributed by atoms with Gasteiger partial charge in [-0.05, 0) is 60.5 Å². The molecule has 4 rings (SSSR count). The molecule has 1 amide bonds. The molecule has 0 aliphatic carbocycles. The van der Waals surface area contributed by atoms with Gasteiger partial charge in [0.1, 0.15) is 17.2 Å². The molecule has 0 fully saturated rings. The Kier molecular flexibility index (Phi) is 6.87. The number of aliphatic hydroxyl groups excluding tert-OH is 1. The second-order valence-electron chi connectivity index (χ2n) is 6.52. The highest BCUT2D eigenvalue weighted by Crippen LogP contribution is 2.26. The maximum atomic E-state index is 13.1. The van der Waals surface area contributed by atoms with Crippen molar-refractivity contribution in [3.63, 3.8) is 0 Å². The molecule has 1 aromatic carbocycles. The Bertz CT molecular complexity index is 1140. The predicted molar refractivity (Wildman–Crippen MR) is 115 cm³/mol. The van der Waals surface area contributed by atoms with Crippen LogP contribution in [0, 0.1) is 5.82 Å². The van der Waals surface area contributed by atoms with Crippen LogP contribution in [-0.2, 0) is 0 Å². The number of aliphatic hydroxyl groups is 1. The van der Waals surface area contributed by atoms with Crippen LogP contribution in [0.3, 0.4) is 0 Å². The van der Waals surface area contributed by atoms with Gasteiger partial charge in [-0.25, -0.2) is 14.4 Å². The second kappa shape index (κ2) is 9.76. The lowest BCUT2D eigenvalue weighted by molar-refractivity contribution is 0.0949. The molecule has 0 saturated carbocycles. The zero-order valence-electron chi connectivity index (χ0n) is 16.8. The number of fused-ring (bicyclic) bond motifs is 1. The van der Waals surface area contributed by atoms with Gasteiger partial charge in [-0.15, -0.1) is 0 Å². The topological polar surface area (TPSA) is 90.9 Å². The highest BCUT2D eigenvalue weighted by atomic mass is 19.1. The van der Waals surface area contributed by atoms with E-state index in [1.807, 2.05) is 31.2 Å². The van der Waals surface area contributed by atoms with Gasteiger partial charge in [-0.3, -0.25) is 4.79 Å². The summed E-state index contributed by atoms with van der Waals surface area (Å²) in [4.78, 5) is 24.4. The van der Waals surface area contributed by atoms with E-state index in [0.29, 0.717) is 17.9 Å². The first-order valence-corrected chi connectivity index (χ1v) is 9.59. The molecule has 0 radical (unpaired) electrons. The van der Waals surface area contributed by atoms with Crippen LogP contribution in [0.15, 0.2) is 60.8 Å². The Balaban J connectivity index is 0.00000124. The summed E-state index contributed by atoms with van der Waals surface area (Å²) >= 11 is 0. The van der Waals surface area contributed by atoms with E-state index < -0.39 is 0 Å². The van der Waals surface area contributed by atoms with Crippen LogP contribution in [-0.4, -0.2) is 39.6 Å². The number of aromatic amines is 1. The van der Waals surface area contributed by atoms with Gasteiger partial charge in [0.15, 0.2) is 0 Å². The fourth-order valence-electron chi connectivity index (χ4n) is 2.99. The van der Waals surface area contributed by atoms with Gasteiger partial charge in [-0.2, -0.15) is 0 Å². The minimum Gasteiger partial charge on any atom is -0.400 e. The van der Waals surface area contributed by atoms with Crippen molar-refractivity contribution in [1.29, 1.82) is 0 Å². The molecule has 0 spiro atoms. The number of rotatable bonds is 5. The number of aromatic nitrogens is 3. The number of carbonyl (C=O) groups excluding carboxylic acids is 1. The molecule has 0 atom stereocenters. The molecule has 0 aliphatic heterocycles. The van der Waals surface area contributed by atoms with Crippen LogP contribution < -0.4 is 5.32 Å². The van der Waals surface area contributed by atoms with E-state index in [9.17, 15) is 9.18 Å². The van der Waals surface area contributed by atoms with Crippen molar-refractivity contribution < 1.29 is 14.3 Å². The van der Waals surface area contributed by atoms with Crippen LogP contribution in [0.1, 0.15) is 23.8 Å². The Morgan fingerprint density at radius 2 is 1.87 bits per heavy atom. The zero-order chi connectivity index (χ0) is 21.5. The summed E-state index contributed by atoms with van der Waals surface area (Å²) in [6.07, 6.45) is 2.60. The van der Waals surface area contributed by atoms with Crippen LogP contribution in [0.4, 0.5) is 4.39 Å². The molecule has 3 heterocycles. The van der Waals surface area contributed by atoms with Gasteiger partial charge in [0.05, 0.1) is 5.69 Å². The van der Waals surface area contributed by atoms with Crippen LogP contribution in [0.5, 0.6) is 0 Å². The standard InChI is InChI=1S/C22H19FN4O.CH4O/c1-2-10-24-22(28)19-5-3-4-18(26-19)16-11-15-12-20(27-21(15)25-13-16)14-6-8-17(23)9-7-14;1-2/h3-9,11-13H,2,10H2,1H3,(H,24,28)(H,25,27);2H,1H3. The number of hydrogen-bond donors (Lipinski definition) is 3. The fourth-order valence-corrected chi connectivity index (χ4v) is 2.99. The third kappa shape index (κ3) is 4.69. The van der Waals surface area contributed by atoms with E-state index in [-0.39, 0.29) is 11.7 Å². The summed E-state index contributed by atoms with van der Waals surface area (Å²) in [7, 11) is 1.00. The van der Waals surface area contributed by atoms with Crippen molar-refractivity contribution in [2.45, 2.75) is 13.3 Å². The normalized spacial score (nSPS) is 10.4. The van der Waals surface area contributed by atoms with Gasteiger partial charge >= 0.3 is 0 Å². The number of halogens is 1. The maximum absolute atomic E-state index is 13.1. The van der Waals surface area contributed by atoms with Crippen molar-refractivity contribution in [2.75, 3.05) is 13.7 Å². The highest BCUT2D eigenvalue weighted by molar-refractivity contribution is 5.93. The van der Waals surface area contributed by atoms with Crippen molar-refractivity contribution in [3.8, 4) is 22.5 Å². The first kappa shape index (κ1) is 21.1. The smallest absolute Gasteiger partial charge is 0.269 e. The first-order valence-electron chi connectivity index (χ1n) is 9.59.